The van der Waals surface area contributed by atoms with Gasteiger partial charge in [-0.3, -0.25) is 4.52 Å². The molecule has 1 fully saturated rings. The molecule has 1 rings (SSSR count). The van der Waals surface area contributed by atoms with Crippen molar-refractivity contribution < 1.29 is 38.9 Å². The smallest absolute Gasteiger partial charge is 0.388 e. The van der Waals surface area contributed by atoms with Crippen LogP contribution in [0.1, 0.15) is 0 Å². The molecule has 0 radical (unpaired) electrons. The average Bonchev–Trinajstić information content (AvgIpc) is 2.04. The summed E-state index contributed by atoms with van der Waals surface area (Å²) in [7, 11) is -4.80. The Balaban J connectivity index is 2.60. The molecule has 0 saturated carbocycles. The van der Waals surface area contributed by atoms with Crippen molar-refractivity contribution in [3.63, 3.8) is 0 Å². The third-order valence-corrected chi connectivity index (χ3v) is 2.18. The first-order valence-corrected chi connectivity index (χ1v) is 5.24. The molecule has 1 heterocycles. The van der Waals surface area contributed by atoms with Gasteiger partial charge in [-0.15, -0.1) is 0 Å². The summed E-state index contributed by atoms with van der Waals surface area (Å²) in [6.07, 6.45) is -6.21. The van der Waals surface area contributed by atoms with Crippen LogP contribution >= 0.6 is 7.82 Å². The average molecular weight is 230 g/mol. The summed E-state index contributed by atoms with van der Waals surface area (Å²) in [5, 5.41) is 27.2. The zero-order valence-electron chi connectivity index (χ0n) is 6.92. The van der Waals surface area contributed by atoms with Crippen LogP contribution in [-0.2, 0) is 13.8 Å². The lowest BCUT2D eigenvalue weighted by atomic mass is 10.1. The van der Waals surface area contributed by atoms with Crippen LogP contribution in [0.4, 0.5) is 0 Å². The second-order valence-electron chi connectivity index (χ2n) is 2.85. The zero-order valence-corrected chi connectivity index (χ0v) is 7.82. The molecule has 0 unspecified atom stereocenters. The molecule has 0 aliphatic carbocycles. The summed E-state index contributed by atoms with van der Waals surface area (Å²) in [5.74, 6) is 0. The molecule has 0 spiro atoms. The molecule has 8 nitrogen and oxygen atoms in total. The van der Waals surface area contributed by atoms with Crippen LogP contribution in [0, 0.1) is 0 Å². The molecule has 0 bridgehead atoms. The quantitative estimate of drug-likeness (QED) is 0.329. The number of aliphatic hydroxyl groups is 3. The number of phosphoric acid groups is 1. The number of phosphoric ester groups is 1. The maximum Gasteiger partial charge on any atom is 0.472 e. The Kier molecular flexibility index (Phi) is 3.62. The van der Waals surface area contributed by atoms with Gasteiger partial charge in [0.1, 0.15) is 18.3 Å². The molecule has 0 aromatic heterocycles. The summed E-state index contributed by atoms with van der Waals surface area (Å²) < 4.78 is 19.0. The summed E-state index contributed by atoms with van der Waals surface area (Å²) in [4.78, 5) is 16.8. The highest BCUT2D eigenvalue weighted by Gasteiger charge is 2.41. The topological polar surface area (TPSA) is 137 Å². The van der Waals surface area contributed by atoms with Gasteiger partial charge in [-0.1, -0.05) is 0 Å². The van der Waals surface area contributed by atoms with Crippen LogP contribution in [0.25, 0.3) is 0 Å². The van der Waals surface area contributed by atoms with Crippen LogP contribution in [0.2, 0.25) is 0 Å². The highest BCUT2D eigenvalue weighted by Crippen LogP contribution is 2.39. The summed E-state index contributed by atoms with van der Waals surface area (Å²) in [5.41, 5.74) is 0. The molecule has 0 aromatic rings. The van der Waals surface area contributed by atoms with Gasteiger partial charge in [0.25, 0.3) is 0 Å². The molecule has 0 aromatic carbocycles. The largest absolute Gasteiger partial charge is 0.472 e. The monoisotopic (exact) mass is 230 g/mol. The fraction of sp³-hybridized carbons (Fsp3) is 1.00. The van der Waals surface area contributed by atoms with Crippen LogP contribution in [-0.4, -0.2) is 56.3 Å². The minimum Gasteiger partial charge on any atom is -0.388 e. The van der Waals surface area contributed by atoms with Gasteiger partial charge < -0.3 is 29.8 Å². The molecular formula is C5H11O8P. The van der Waals surface area contributed by atoms with Crippen molar-refractivity contribution in [2.45, 2.75) is 24.6 Å². The molecule has 1 aliphatic heterocycles. The first-order valence-electron chi connectivity index (χ1n) is 3.71. The number of aliphatic hydroxyl groups excluding tert-OH is 3. The van der Waals surface area contributed by atoms with Crippen molar-refractivity contribution in [2.75, 3.05) is 6.61 Å². The van der Waals surface area contributed by atoms with Crippen LogP contribution in [0.15, 0.2) is 0 Å². The van der Waals surface area contributed by atoms with Gasteiger partial charge in [-0.2, -0.15) is 0 Å². The molecule has 9 heteroatoms. The van der Waals surface area contributed by atoms with E-state index < -0.39 is 32.4 Å². The second-order valence-corrected chi connectivity index (χ2v) is 4.04. The Morgan fingerprint density at radius 1 is 1.21 bits per heavy atom. The molecule has 0 amide bonds. The Hall–Kier alpha value is -0.0500. The van der Waals surface area contributed by atoms with E-state index in [1.165, 1.54) is 0 Å². The Bertz CT molecular complexity index is 238. The van der Waals surface area contributed by atoms with E-state index in [2.05, 4.69) is 9.26 Å². The minimum atomic E-state index is -4.80. The summed E-state index contributed by atoms with van der Waals surface area (Å²) >= 11 is 0. The van der Waals surface area contributed by atoms with E-state index >= 15 is 0 Å². The maximum atomic E-state index is 10.4. The second kappa shape index (κ2) is 4.21. The number of hydrogen-bond acceptors (Lipinski definition) is 6. The number of ether oxygens (including phenoxy) is 1. The van der Waals surface area contributed by atoms with Crippen molar-refractivity contribution in [2.24, 2.45) is 0 Å². The fourth-order valence-electron chi connectivity index (χ4n) is 1.01. The normalized spacial score (nSPS) is 39.8. The van der Waals surface area contributed by atoms with Gasteiger partial charge in [0.15, 0.2) is 6.29 Å². The zero-order chi connectivity index (χ0) is 10.9. The molecule has 1 saturated heterocycles. The van der Waals surface area contributed by atoms with Crippen LogP contribution in [0.3, 0.4) is 0 Å². The van der Waals surface area contributed by atoms with E-state index in [-0.39, 0.29) is 6.61 Å². The standard InChI is InChI=1S/C5H11O8P/c6-2-1-12-5(4(8)3(2)7)13-14(9,10)11/h2-8H,1H2,(H2,9,10,11)/t2-,3-,4+,5+/m1/s1. The van der Waals surface area contributed by atoms with Gasteiger partial charge in [-0.05, 0) is 0 Å². The van der Waals surface area contributed by atoms with Gasteiger partial charge in [0.05, 0.1) is 6.61 Å². The van der Waals surface area contributed by atoms with E-state index in [4.69, 9.17) is 25.1 Å². The van der Waals surface area contributed by atoms with E-state index in [0.29, 0.717) is 0 Å². The number of rotatable bonds is 2. The Labute approximate surface area is 78.9 Å². The SMILES string of the molecule is O=P(O)(O)O[C@@H]1OC[C@@H](O)[C@@H](O)[C@@H]1O. The van der Waals surface area contributed by atoms with Crippen molar-refractivity contribution in [1.29, 1.82) is 0 Å². The molecule has 5 N–H and O–H groups in total. The molecule has 4 atom stereocenters. The maximum absolute atomic E-state index is 10.4. The van der Waals surface area contributed by atoms with Gasteiger partial charge >= 0.3 is 7.82 Å². The number of hydrogen-bond donors (Lipinski definition) is 5. The summed E-state index contributed by atoms with van der Waals surface area (Å²) in [6.45, 7) is -0.372. The first kappa shape index (κ1) is 12.0. The van der Waals surface area contributed by atoms with Crippen molar-refractivity contribution in [1.82, 2.24) is 0 Å². The van der Waals surface area contributed by atoms with Gasteiger partial charge in [0.2, 0.25) is 0 Å². The van der Waals surface area contributed by atoms with Crippen molar-refractivity contribution in [3.05, 3.63) is 0 Å². The summed E-state index contributed by atoms with van der Waals surface area (Å²) in [6, 6.07) is 0. The predicted molar refractivity (Wildman–Crippen MR) is 40.9 cm³/mol. The van der Waals surface area contributed by atoms with E-state index in [9.17, 15) is 4.57 Å². The third-order valence-electron chi connectivity index (χ3n) is 1.70. The lowest BCUT2D eigenvalue weighted by molar-refractivity contribution is -0.245. The van der Waals surface area contributed by atoms with Crippen LogP contribution < -0.4 is 0 Å². The molecule has 14 heavy (non-hydrogen) atoms. The van der Waals surface area contributed by atoms with E-state index in [1.807, 2.05) is 0 Å². The minimum absolute atomic E-state index is 0.372. The van der Waals surface area contributed by atoms with Gasteiger partial charge in [0, 0.05) is 0 Å². The highest BCUT2D eigenvalue weighted by molar-refractivity contribution is 7.46. The molecule has 84 valence electrons. The first-order chi connectivity index (χ1) is 6.31. The lowest BCUT2D eigenvalue weighted by Crippen LogP contribution is -2.53. The molecular weight excluding hydrogens is 219 g/mol. The van der Waals surface area contributed by atoms with Gasteiger partial charge in [-0.25, -0.2) is 4.57 Å². The Morgan fingerprint density at radius 2 is 1.79 bits per heavy atom. The van der Waals surface area contributed by atoms with Crippen LogP contribution in [0.5, 0.6) is 0 Å². The Morgan fingerprint density at radius 3 is 2.29 bits per heavy atom. The van der Waals surface area contributed by atoms with E-state index in [0.717, 1.165) is 0 Å². The van der Waals surface area contributed by atoms with Crippen molar-refractivity contribution >= 4 is 7.82 Å². The van der Waals surface area contributed by atoms with Crippen molar-refractivity contribution in [3.8, 4) is 0 Å². The third kappa shape index (κ3) is 2.97. The lowest BCUT2D eigenvalue weighted by Gasteiger charge is -2.34. The highest BCUT2D eigenvalue weighted by atomic mass is 31.2. The fourth-order valence-corrected chi connectivity index (χ4v) is 1.46. The van der Waals surface area contributed by atoms with E-state index in [1.54, 1.807) is 0 Å². The molecule has 1 aliphatic rings. The predicted octanol–water partition coefficient (Wildman–Crippen LogP) is -2.47.